The number of esters is 1. The summed E-state index contributed by atoms with van der Waals surface area (Å²) < 4.78 is 10.9. The molecule has 1 aliphatic rings. The number of aromatic nitrogens is 1. The fourth-order valence-corrected chi connectivity index (χ4v) is 3.40. The summed E-state index contributed by atoms with van der Waals surface area (Å²) in [6, 6.07) is 2.03. The number of piperazine rings is 1. The molecule has 0 saturated carbocycles. The lowest BCUT2D eigenvalue weighted by molar-refractivity contribution is -0.239. The summed E-state index contributed by atoms with van der Waals surface area (Å²) in [6.07, 6.45) is 2.67. The number of pyridine rings is 1. The number of hydrogen-bond donors (Lipinski definition) is 1. The lowest BCUT2D eigenvalue weighted by atomic mass is 9.89. The van der Waals surface area contributed by atoms with Crippen LogP contribution >= 0.6 is 0 Å². The monoisotopic (exact) mass is 393 g/mol. The Morgan fingerprint density at radius 2 is 1.86 bits per heavy atom. The molecular formula is C21H35N3O4. The van der Waals surface area contributed by atoms with Crippen LogP contribution in [0.1, 0.15) is 53.0 Å². The van der Waals surface area contributed by atoms with Gasteiger partial charge in [0.1, 0.15) is 0 Å². The zero-order valence-electron chi connectivity index (χ0n) is 18.0. The molecule has 2 rings (SSSR count). The van der Waals surface area contributed by atoms with Crippen molar-refractivity contribution in [3.05, 3.63) is 24.0 Å². The quantitative estimate of drug-likeness (QED) is 0.564. The van der Waals surface area contributed by atoms with Crippen molar-refractivity contribution in [3.63, 3.8) is 0 Å². The molecule has 0 aliphatic carbocycles. The number of carbonyl (C=O) groups is 1. The summed E-state index contributed by atoms with van der Waals surface area (Å²) in [4.78, 5) is 20.9. The molecule has 1 aromatic heterocycles. The third-order valence-electron chi connectivity index (χ3n) is 4.76. The summed E-state index contributed by atoms with van der Waals surface area (Å²) >= 11 is 0. The molecule has 1 fully saturated rings. The predicted octanol–water partition coefficient (Wildman–Crippen LogP) is 2.60. The van der Waals surface area contributed by atoms with Crippen LogP contribution in [0.2, 0.25) is 0 Å². The first-order chi connectivity index (χ1) is 13.1. The minimum atomic E-state index is -0.902. The summed E-state index contributed by atoms with van der Waals surface area (Å²) in [5.41, 5.74) is 1.47. The van der Waals surface area contributed by atoms with Crippen LogP contribution in [0.3, 0.4) is 0 Å². The molecular weight excluding hydrogens is 358 g/mol. The van der Waals surface area contributed by atoms with Gasteiger partial charge in [-0.2, -0.15) is 0 Å². The van der Waals surface area contributed by atoms with Gasteiger partial charge in [-0.25, -0.2) is 0 Å². The summed E-state index contributed by atoms with van der Waals surface area (Å²) in [6.45, 7) is 14.9. The highest BCUT2D eigenvalue weighted by Gasteiger charge is 2.29. The number of nitrogens with zero attached hydrogens (tertiary/aromatic N) is 3. The van der Waals surface area contributed by atoms with E-state index in [1.807, 2.05) is 58.7 Å². The van der Waals surface area contributed by atoms with Gasteiger partial charge in [-0.1, -0.05) is 13.8 Å². The molecule has 1 aromatic rings. The van der Waals surface area contributed by atoms with Gasteiger partial charge >= 0.3 is 5.97 Å². The van der Waals surface area contributed by atoms with Crippen molar-refractivity contribution in [2.45, 2.75) is 59.5 Å². The SMILES string of the molecule is CCOC(=O)C(c1cncc(N2CCN(C(O)OC(C)(C)C)CC2)c1)C(C)C. The Bertz CT molecular complexity index is 637. The molecule has 2 unspecified atom stereocenters. The Morgan fingerprint density at radius 3 is 2.39 bits per heavy atom. The Balaban J connectivity index is 2.06. The summed E-state index contributed by atoms with van der Waals surface area (Å²) in [5.74, 6) is -0.406. The van der Waals surface area contributed by atoms with E-state index in [2.05, 4.69) is 9.88 Å². The fraction of sp³-hybridized carbons (Fsp3) is 0.714. The van der Waals surface area contributed by atoms with Crippen molar-refractivity contribution in [1.82, 2.24) is 9.88 Å². The second-order valence-corrected chi connectivity index (χ2v) is 8.53. The smallest absolute Gasteiger partial charge is 0.313 e. The van der Waals surface area contributed by atoms with Crippen molar-refractivity contribution in [2.75, 3.05) is 37.7 Å². The highest BCUT2D eigenvalue weighted by molar-refractivity contribution is 5.78. The maximum Gasteiger partial charge on any atom is 0.313 e. The molecule has 0 spiro atoms. The van der Waals surface area contributed by atoms with E-state index in [4.69, 9.17) is 9.47 Å². The van der Waals surface area contributed by atoms with Crippen LogP contribution in [0.15, 0.2) is 18.5 Å². The Kier molecular flexibility index (Phi) is 7.80. The maximum absolute atomic E-state index is 12.4. The maximum atomic E-state index is 12.4. The average molecular weight is 394 g/mol. The minimum absolute atomic E-state index is 0.123. The Morgan fingerprint density at radius 1 is 1.21 bits per heavy atom. The van der Waals surface area contributed by atoms with E-state index in [9.17, 15) is 9.90 Å². The first kappa shape index (κ1) is 22.6. The number of rotatable bonds is 7. The van der Waals surface area contributed by atoms with Gasteiger partial charge in [0.05, 0.1) is 30.0 Å². The van der Waals surface area contributed by atoms with Crippen LogP contribution in [0.25, 0.3) is 0 Å². The molecule has 158 valence electrons. The number of hydrogen-bond acceptors (Lipinski definition) is 7. The van der Waals surface area contributed by atoms with Crippen LogP contribution in [-0.4, -0.2) is 65.8 Å². The van der Waals surface area contributed by atoms with Crippen LogP contribution in [-0.2, 0) is 14.3 Å². The fourth-order valence-electron chi connectivity index (χ4n) is 3.40. The molecule has 0 bridgehead atoms. The van der Waals surface area contributed by atoms with Crippen molar-refractivity contribution >= 4 is 11.7 Å². The molecule has 2 heterocycles. The minimum Gasteiger partial charge on any atom is -0.466 e. The van der Waals surface area contributed by atoms with E-state index in [-0.39, 0.29) is 17.8 Å². The number of aliphatic hydroxyl groups excluding tert-OH is 1. The molecule has 0 amide bonds. The first-order valence-electron chi connectivity index (χ1n) is 10.1. The van der Waals surface area contributed by atoms with Crippen molar-refractivity contribution in [3.8, 4) is 0 Å². The largest absolute Gasteiger partial charge is 0.466 e. The standard InChI is InChI=1S/C21H35N3O4/c1-7-27-19(25)18(15(2)3)16-12-17(14-22-13-16)23-8-10-24(11-9-23)20(26)28-21(4,5)6/h12-15,18,20,26H,7-11H2,1-6H3. The van der Waals surface area contributed by atoms with Gasteiger partial charge in [-0.3, -0.25) is 14.7 Å². The topological polar surface area (TPSA) is 75.1 Å². The van der Waals surface area contributed by atoms with Crippen LogP contribution in [0, 0.1) is 5.92 Å². The van der Waals surface area contributed by atoms with E-state index < -0.39 is 12.0 Å². The molecule has 1 saturated heterocycles. The van der Waals surface area contributed by atoms with Crippen LogP contribution in [0.4, 0.5) is 5.69 Å². The van der Waals surface area contributed by atoms with Gasteiger partial charge < -0.3 is 19.5 Å². The lowest BCUT2D eigenvalue weighted by Crippen LogP contribution is -2.52. The Labute approximate surface area is 168 Å². The van der Waals surface area contributed by atoms with Gasteiger partial charge in [0.15, 0.2) is 0 Å². The van der Waals surface area contributed by atoms with Crippen molar-refractivity contribution in [1.29, 1.82) is 0 Å². The number of aliphatic hydroxyl groups is 1. The van der Waals surface area contributed by atoms with Crippen LogP contribution < -0.4 is 4.90 Å². The number of ether oxygens (including phenoxy) is 2. The number of anilines is 1. The summed E-state index contributed by atoms with van der Waals surface area (Å²) in [7, 11) is 0. The van der Waals surface area contributed by atoms with Crippen molar-refractivity contribution in [2.24, 2.45) is 5.92 Å². The lowest BCUT2D eigenvalue weighted by Gasteiger charge is -2.39. The zero-order chi connectivity index (χ0) is 20.9. The molecule has 1 aliphatic heterocycles. The highest BCUT2D eigenvalue weighted by atomic mass is 16.6. The van der Waals surface area contributed by atoms with Crippen molar-refractivity contribution < 1.29 is 19.4 Å². The average Bonchev–Trinajstić information content (AvgIpc) is 2.61. The normalized spacial score (nSPS) is 18.2. The van der Waals surface area contributed by atoms with E-state index >= 15 is 0 Å². The number of carbonyl (C=O) groups excluding carboxylic acids is 1. The predicted molar refractivity (Wildman–Crippen MR) is 109 cm³/mol. The van der Waals surface area contributed by atoms with E-state index in [1.165, 1.54) is 0 Å². The molecule has 0 aromatic carbocycles. The zero-order valence-corrected chi connectivity index (χ0v) is 18.0. The molecule has 7 heteroatoms. The van der Waals surface area contributed by atoms with Gasteiger partial charge in [-0.05, 0) is 45.2 Å². The van der Waals surface area contributed by atoms with Crippen LogP contribution in [0.5, 0.6) is 0 Å². The summed E-state index contributed by atoms with van der Waals surface area (Å²) in [5, 5.41) is 10.3. The highest BCUT2D eigenvalue weighted by Crippen LogP contribution is 2.29. The van der Waals surface area contributed by atoms with Gasteiger partial charge in [0.2, 0.25) is 6.41 Å². The molecule has 2 atom stereocenters. The molecule has 0 radical (unpaired) electrons. The molecule has 7 nitrogen and oxygen atoms in total. The molecule has 1 N–H and O–H groups in total. The van der Waals surface area contributed by atoms with Gasteiger partial charge in [-0.15, -0.1) is 0 Å². The van der Waals surface area contributed by atoms with E-state index in [0.29, 0.717) is 19.7 Å². The van der Waals surface area contributed by atoms with E-state index in [0.717, 1.165) is 24.3 Å². The third-order valence-corrected chi connectivity index (χ3v) is 4.76. The second-order valence-electron chi connectivity index (χ2n) is 8.53. The van der Waals surface area contributed by atoms with E-state index in [1.54, 1.807) is 6.20 Å². The first-order valence-corrected chi connectivity index (χ1v) is 10.1. The second kappa shape index (κ2) is 9.67. The third kappa shape index (κ3) is 6.15. The molecule has 28 heavy (non-hydrogen) atoms. The Hall–Kier alpha value is -1.70. The van der Waals surface area contributed by atoms with Gasteiger partial charge in [0.25, 0.3) is 0 Å². The van der Waals surface area contributed by atoms with Gasteiger partial charge in [0, 0.05) is 32.4 Å².